The molecule has 0 spiro atoms. The van der Waals surface area contributed by atoms with E-state index in [0.29, 0.717) is 17.5 Å². The molecule has 0 radical (unpaired) electrons. The quantitative estimate of drug-likeness (QED) is 0.195. The van der Waals surface area contributed by atoms with E-state index in [9.17, 15) is 0 Å². The molecule has 216 valence electrons. The summed E-state index contributed by atoms with van der Waals surface area (Å²) < 4.78 is 3.52. The molecule has 0 aliphatic carbocycles. The van der Waals surface area contributed by atoms with Crippen molar-refractivity contribution in [2.45, 2.75) is 0 Å². The van der Waals surface area contributed by atoms with E-state index in [4.69, 9.17) is 19.9 Å². The van der Waals surface area contributed by atoms with Crippen LogP contribution in [-0.2, 0) is 0 Å². The molecular formula is C40H25N5S. The van der Waals surface area contributed by atoms with Crippen LogP contribution in [0.15, 0.2) is 152 Å². The van der Waals surface area contributed by atoms with Crippen LogP contribution in [0.5, 0.6) is 0 Å². The minimum atomic E-state index is 0.645. The maximum Gasteiger partial charge on any atom is 0.195 e. The fourth-order valence-electron chi connectivity index (χ4n) is 5.97. The molecular weight excluding hydrogens is 583 g/mol. The standard InChI is InChI=1S/C40H25N5S/c1-4-10-26(11-5-1)32-21-23-36-35(25-32)45-34-24-31(20-22-33(34)41-40(45)46-36)27-16-18-30(19-17-27)39-43-37(28-12-6-2-7-13-28)42-38(44-39)29-14-8-3-9-15-29/h1-25H. The number of benzene rings is 6. The molecule has 6 heteroatoms. The Kier molecular flexibility index (Phi) is 6.25. The molecule has 0 bridgehead atoms. The Labute approximate surface area is 269 Å². The van der Waals surface area contributed by atoms with Gasteiger partial charge in [-0.3, -0.25) is 4.40 Å². The first-order chi connectivity index (χ1) is 22.8. The van der Waals surface area contributed by atoms with Crippen LogP contribution in [0.2, 0.25) is 0 Å². The van der Waals surface area contributed by atoms with E-state index in [1.54, 1.807) is 11.3 Å². The third kappa shape index (κ3) is 4.64. The third-order valence-corrected chi connectivity index (χ3v) is 9.33. The van der Waals surface area contributed by atoms with Crippen LogP contribution >= 0.6 is 11.3 Å². The van der Waals surface area contributed by atoms with Crippen LogP contribution in [0, 0.1) is 0 Å². The lowest BCUT2D eigenvalue weighted by Crippen LogP contribution is -2.00. The summed E-state index contributed by atoms with van der Waals surface area (Å²) >= 11 is 1.72. The first-order valence-electron chi connectivity index (χ1n) is 15.1. The van der Waals surface area contributed by atoms with E-state index in [1.165, 1.54) is 21.3 Å². The van der Waals surface area contributed by atoms with E-state index in [1.807, 2.05) is 60.7 Å². The zero-order valence-electron chi connectivity index (χ0n) is 24.6. The lowest BCUT2D eigenvalue weighted by molar-refractivity contribution is 1.07. The normalized spacial score (nSPS) is 11.5. The molecule has 0 atom stereocenters. The Bertz CT molecular complexity index is 2440. The number of thiazole rings is 1. The van der Waals surface area contributed by atoms with Crippen molar-refractivity contribution < 1.29 is 0 Å². The second-order valence-electron chi connectivity index (χ2n) is 11.2. The number of hydrogen-bond acceptors (Lipinski definition) is 5. The molecule has 5 nitrogen and oxygen atoms in total. The maximum absolute atomic E-state index is 4.97. The molecule has 6 aromatic carbocycles. The highest BCUT2D eigenvalue weighted by Crippen LogP contribution is 2.35. The Morgan fingerprint density at radius 3 is 1.39 bits per heavy atom. The first-order valence-corrected chi connectivity index (χ1v) is 16.0. The van der Waals surface area contributed by atoms with Gasteiger partial charge >= 0.3 is 0 Å². The molecule has 0 amide bonds. The summed E-state index contributed by atoms with van der Waals surface area (Å²) in [6, 6.07) is 52.3. The zero-order chi connectivity index (χ0) is 30.5. The molecule has 0 aliphatic heterocycles. The van der Waals surface area contributed by atoms with Crippen molar-refractivity contribution in [3.8, 4) is 56.4 Å². The molecule has 0 N–H and O–H groups in total. The van der Waals surface area contributed by atoms with Gasteiger partial charge in [-0.05, 0) is 46.5 Å². The predicted octanol–water partition coefficient (Wildman–Crippen LogP) is 10.2. The van der Waals surface area contributed by atoms with Gasteiger partial charge in [-0.15, -0.1) is 0 Å². The summed E-state index contributed by atoms with van der Waals surface area (Å²) in [4.78, 5) is 20.6. The highest BCUT2D eigenvalue weighted by molar-refractivity contribution is 7.23. The number of hydrogen-bond donors (Lipinski definition) is 0. The van der Waals surface area contributed by atoms with Crippen molar-refractivity contribution in [2.75, 3.05) is 0 Å². The number of imidazole rings is 1. The van der Waals surface area contributed by atoms with Crippen LogP contribution in [0.1, 0.15) is 0 Å². The minimum Gasteiger partial charge on any atom is -0.283 e. The summed E-state index contributed by atoms with van der Waals surface area (Å²) in [6.45, 7) is 0. The lowest BCUT2D eigenvalue weighted by atomic mass is 10.0. The second-order valence-corrected chi connectivity index (χ2v) is 12.2. The van der Waals surface area contributed by atoms with E-state index < -0.39 is 0 Å². The Hall–Kier alpha value is -5.98. The topological polar surface area (TPSA) is 56.0 Å². The van der Waals surface area contributed by atoms with Gasteiger partial charge in [-0.1, -0.05) is 139 Å². The number of nitrogens with zero attached hydrogens (tertiary/aromatic N) is 5. The van der Waals surface area contributed by atoms with Crippen LogP contribution in [0.4, 0.5) is 0 Å². The number of rotatable bonds is 5. The molecule has 46 heavy (non-hydrogen) atoms. The molecule has 0 saturated carbocycles. The van der Waals surface area contributed by atoms with E-state index in [-0.39, 0.29) is 0 Å². The Balaban J connectivity index is 1.12. The largest absolute Gasteiger partial charge is 0.283 e. The van der Waals surface area contributed by atoms with Crippen LogP contribution in [0.3, 0.4) is 0 Å². The Morgan fingerprint density at radius 2 is 0.804 bits per heavy atom. The van der Waals surface area contributed by atoms with Crippen molar-refractivity contribution in [2.24, 2.45) is 0 Å². The van der Waals surface area contributed by atoms with Gasteiger partial charge in [0.15, 0.2) is 22.4 Å². The van der Waals surface area contributed by atoms with Crippen molar-refractivity contribution >= 4 is 37.5 Å². The summed E-state index contributed by atoms with van der Waals surface area (Å²) in [5, 5.41) is 0. The summed E-state index contributed by atoms with van der Waals surface area (Å²) in [5.41, 5.74) is 10.8. The summed E-state index contributed by atoms with van der Waals surface area (Å²) in [7, 11) is 0. The summed E-state index contributed by atoms with van der Waals surface area (Å²) in [6.07, 6.45) is 0. The first kappa shape index (κ1) is 26.4. The molecule has 9 rings (SSSR count). The fourth-order valence-corrected chi connectivity index (χ4v) is 6.99. The molecule has 0 aliphatic rings. The highest BCUT2D eigenvalue weighted by atomic mass is 32.1. The van der Waals surface area contributed by atoms with Gasteiger partial charge in [0.2, 0.25) is 0 Å². The van der Waals surface area contributed by atoms with E-state index in [0.717, 1.165) is 43.8 Å². The van der Waals surface area contributed by atoms with Gasteiger partial charge in [-0.25, -0.2) is 19.9 Å². The third-order valence-electron chi connectivity index (χ3n) is 8.31. The molecule has 0 saturated heterocycles. The second kappa shape index (κ2) is 10.9. The van der Waals surface area contributed by atoms with Gasteiger partial charge in [0.1, 0.15) is 0 Å². The zero-order valence-corrected chi connectivity index (χ0v) is 25.4. The van der Waals surface area contributed by atoms with Gasteiger partial charge in [0.05, 0.1) is 21.3 Å². The number of fused-ring (bicyclic) bond motifs is 5. The van der Waals surface area contributed by atoms with E-state index in [2.05, 4.69) is 95.4 Å². The number of aromatic nitrogens is 5. The molecule has 3 heterocycles. The fraction of sp³-hybridized carbons (Fsp3) is 0. The lowest BCUT2D eigenvalue weighted by Gasteiger charge is -2.09. The minimum absolute atomic E-state index is 0.645. The monoisotopic (exact) mass is 607 g/mol. The maximum atomic E-state index is 4.97. The molecule has 0 unspecified atom stereocenters. The average molecular weight is 608 g/mol. The van der Waals surface area contributed by atoms with Gasteiger partial charge in [-0.2, -0.15) is 0 Å². The smallest absolute Gasteiger partial charge is 0.195 e. The van der Waals surface area contributed by atoms with Crippen molar-refractivity contribution in [1.82, 2.24) is 24.3 Å². The predicted molar refractivity (Wildman–Crippen MR) is 189 cm³/mol. The summed E-state index contributed by atoms with van der Waals surface area (Å²) in [5.74, 6) is 1.95. The van der Waals surface area contributed by atoms with Gasteiger partial charge < -0.3 is 0 Å². The van der Waals surface area contributed by atoms with Crippen LogP contribution < -0.4 is 0 Å². The van der Waals surface area contributed by atoms with Gasteiger partial charge in [0.25, 0.3) is 0 Å². The highest BCUT2D eigenvalue weighted by Gasteiger charge is 2.15. The van der Waals surface area contributed by atoms with Crippen molar-refractivity contribution in [1.29, 1.82) is 0 Å². The van der Waals surface area contributed by atoms with Crippen molar-refractivity contribution in [3.63, 3.8) is 0 Å². The van der Waals surface area contributed by atoms with Crippen molar-refractivity contribution in [3.05, 3.63) is 152 Å². The van der Waals surface area contributed by atoms with Gasteiger partial charge in [0, 0.05) is 16.7 Å². The van der Waals surface area contributed by atoms with Crippen LogP contribution in [0.25, 0.3) is 82.6 Å². The average Bonchev–Trinajstić information content (AvgIpc) is 3.68. The van der Waals surface area contributed by atoms with E-state index >= 15 is 0 Å². The van der Waals surface area contributed by atoms with Crippen LogP contribution in [-0.4, -0.2) is 24.3 Å². The molecule has 0 fully saturated rings. The SMILES string of the molecule is c1ccc(-c2ccc3sc4nc5ccc(-c6ccc(-c7nc(-c8ccccc8)nc(-c8ccccc8)n7)cc6)cc5n4c3c2)cc1. The Morgan fingerprint density at radius 1 is 0.370 bits per heavy atom. The molecule has 9 aromatic rings. The molecule has 3 aromatic heterocycles.